The molecule has 2 rings (SSSR count). The van der Waals surface area contributed by atoms with Crippen molar-refractivity contribution in [2.75, 3.05) is 7.05 Å². The molecule has 1 saturated carbocycles. The SMILES string of the molecule is CN[C@@]1(c2ccccc2)CCCC1O.Cl. The van der Waals surface area contributed by atoms with Crippen LogP contribution in [0.25, 0.3) is 0 Å². The molecule has 0 radical (unpaired) electrons. The fourth-order valence-corrected chi connectivity index (χ4v) is 2.50. The fraction of sp³-hybridized carbons (Fsp3) is 0.500. The van der Waals surface area contributed by atoms with Crippen LogP contribution in [0.1, 0.15) is 24.8 Å². The van der Waals surface area contributed by atoms with E-state index < -0.39 is 0 Å². The molecule has 2 N–H and O–H groups in total. The Morgan fingerprint density at radius 2 is 2.00 bits per heavy atom. The lowest BCUT2D eigenvalue weighted by Crippen LogP contribution is -2.46. The summed E-state index contributed by atoms with van der Waals surface area (Å²) in [6.45, 7) is 0. The van der Waals surface area contributed by atoms with Gasteiger partial charge < -0.3 is 10.4 Å². The molecule has 3 heteroatoms. The topological polar surface area (TPSA) is 32.3 Å². The number of nitrogens with one attached hydrogen (secondary N) is 1. The van der Waals surface area contributed by atoms with Crippen LogP contribution in [0.15, 0.2) is 30.3 Å². The number of benzene rings is 1. The molecule has 1 fully saturated rings. The van der Waals surface area contributed by atoms with Crippen molar-refractivity contribution in [3.63, 3.8) is 0 Å². The highest BCUT2D eigenvalue weighted by atomic mass is 35.5. The first-order valence-electron chi connectivity index (χ1n) is 5.22. The summed E-state index contributed by atoms with van der Waals surface area (Å²) in [6, 6.07) is 10.2. The number of hydrogen-bond donors (Lipinski definition) is 2. The van der Waals surface area contributed by atoms with Crippen LogP contribution in [-0.2, 0) is 5.54 Å². The smallest absolute Gasteiger partial charge is 0.0763 e. The van der Waals surface area contributed by atoms with Gasteiger partial charge in [0, 0.05) is 0 Å². The standard InChI is InChI=1S/C12H17NO.ClH/c1-13-12(9-5-8-11(12)14)10-6-3-2-4-7-10;/h2-4,6-7,11,13-14H,5,8-9H2,1H3;1H/t11?,12-;/m1./s1. The first-order valence-corrected chi connectivity index (χ1v) is 5.22. The van der Waals surface area contributed by atoms with Crippen LogP contribution >= 0.6 is 12.4 Å². The van der Waals surface area contributed by atoms with Gasteiger partial charge in [-0.25, -0.2) is 0 Å². The Balaban J connectivity index is 0.00000112. The van der Waals surface area contributed by atoms with Gasteiger partial charge in [-0.15, -0.1) is 12.4 Å². The monoisotopic (exact) mass is 227 g/mol. The predicted octanol–water partition coefficient (Wildman–Crippen LogP) is 2.07. The van der Waals surface area contributed by atoms with Crippen LogP contribution in [0.4, 0.5) is 0 Å². The maximum absolute atomic E-state index is 10.0. The minimum absolute atomic E-state index is 0. The molecule has 15 heavy (non-hydrogen) atoms. The summed E-state index contributed by atoms with van der Waals surface area (Å²) in [5, 5.41) is 13.3. The highest BCUT2D eigenvalue weighted by Gasteiger charge is 2.41. The number of hydrogen-bond acceptors (Lipinski definition) is 2. The Morgan fingerprint density at radius 1 is 1.33 bits per heavy atom. The van der Waals surface area contributed by atoms with Gasteiger partial charge in [-0.1, -0.05) is 30.3 Å². The van der Waals surface area contributed by atoms with Crippen molar-refractivity contribution in [3.05, 3.63) is 35.9 Å². The summed E-state index contributed by atoms with van der Waals surface area (Å²) < 4.78 is 0. The summed E-state index contributed by atoms with van der Waals surface area (Å²) in [5.74, 6) is 0. The van der Waals surface area contributed by atoms with Gasteiger partial charge in [-0.3, -0.25) is 0 Å². The zero-order valence-corrected chi connectivity index (χ0v) is 9.76. The summed E-state index contributed by atoms with van der Waals surface area (Å²) in [7, 11) is 1.93. The average Bonchev–Trinajstić information content (AvgIpc) is 2.62. The summed E-state index contributed by atoms with van der Waals surface area (Å²) in [6.07, 6.45) is 2.76. The molecule has 0 saturated heterocycles. The van der Waals surface area contributed by atoms with Gasteiger partial charge in [0.1, 0.15) is 0 Å². The van der Waals surface area contributed by atoms with E-state index in [0.29, 0.717) is 0 Å². The molecule has 1 aliphatic rings. The van der Waals surface area contributed by atoms with E-state index in [1.807, 2.05) is 25.2 Å². The number of rotatable bonds is 2. The molecule has 0 spiro atoms. The maximum Gasteiger partial charge on any atom is 0.0763 e. The van der Waals surface area contributed by atoms with Gasteiger partial charge in [0.05, 0.1) is 11.6 Å². The first-order chi connectivity index (χ1) is 6.79. The van der Waals surface area contributed by atoms with Gasteiger partial charge in [0.2, 0.25) is 0 Å². The van der Waals surface area contributed by atoms with Crippen LogP contribution in [0, 0.1) is 0 Å². The van der Waals surface area contributed by atoms with Crippen molar-refractivity contribution < 1.29 is 5.11 Å². The lowest BCUT2D eigenvalue weighted by Gasteiger charge is -2.33. The first kappa shape index (κ1) is 12.5. The van der Waals surface area contributed by atoms with E-state index >= 15 is 0 Å². The van der Waals surface area contributed by atoms with Crippen LogP contribution in [0.5, 0.6) is 0 Å². The Hall–Kier alpha value is -0.570. The molecule has 0 heterocycles. The third kappa shape index (κ3) is 2.03. The second-order valence-corrected chi connectivity index (χ2v) is 4.00. The predicted molar refractivity (Wildman–Crippen MR) is 64.3 cm³/mol. The second kappa shape index (κ2) is 4.97. The molecule has 0 aliphatic heterocycles. The molecule has 1 aromatic carbocycles. The van der Waals surface area contributed by atoms with Crippen molar-refractivity contribution in [2.24, 2.45) is 0 Å². The summed E-state index contributed by atoms with van der Waals surface area (Å²) in [4.78, 5) is 0. The fourth-order valence-electron chi connectivity index (χ4n) is 2.50. The van der Waals surface area contributed by atoms with E-state index in [4.69, 9.17) is 0 Å². The van der Waals surface area contributed by atoms with Crippen LogP contribution in [-0.4, -0.2) is 18.3 Å². The molecule has 2 nitrogen and oxygen atoms in total. The normalized spacial score (nSPS) is 29.9. The van der Waals surface area contributed by atoms with Crippen LogP contribution in [0.2, 0.25) is 0 Å². The van der Waals surface area contributed by atoms with Gasteiger partial charge in [0.15, 0.2) is 0 Å². The van der Waals surface area contributed by atoms with Crippen LogP contribution in [0.3, 0.4) is 0 Å². The van der Waals surface area contributed by atoms with Gasteiger partial charge in [-0.2, -0.15) is 0 Å². The highest BCUT2D eigenvalue weighted by Crippen LogP contribution is 2.38. The minimum Gasteiger partial charge on any atom is -0.391 e. The molecular formula is C12H18ClNO. The summed E-state index contributed by atoms with van der Waals surface area (Å²) >= 11 is 0. The molecule has 0 aromatic heterocycles. The van der Waals surface area contributed by atoms with Crippen molar-refractivity contribution in [1.82, 2.24) is 5.32 Å². The van der Waals surface area contributed by atoms with E-state index in [9.17, 15) is 5.11 Å². The largest absolute Gasteiger partial charge is 0.391 e. The molecule has 2 atom stereocenters. The number of aliphatic hydroxyl groups is 1. The van der Waals surface area contributed by atoms with Crippen molar-refractivity contribution >= 4 is 12.4 Å². The zero-order chi connectivity index (χ0) is 10.0. The Kier molecular flexibility index (Phi) is 4.14. The van der Waals surface area contributed by atoms with Crippen molar-refractivity contribution in [1.29, 1.82) is 0 Å². The highest BCUT2D eigenvalue weighted by molar-refractivity contribution is 5.85. The zero-order valence-electron chi connectivity index (χ0n) is 8.94. The van der Waals surface area contributed by atoms with Crippen molar-refractivity contribution in [2.45, 2.75) is 30.9 Å². The molecule has 84 valence electrons. The van der Waals surface area contributed by atoms with E-state index in [0.717, 1.165) is 19.3 Å². The molecule has 1 unspecified atom stereocenters. The van der Waals surface area contributed by atoms with E-state index in [2.05, 4.69) is 17.4 Å². The Labute approximate surface area is 97.1 Å². The summed E-state index contributed by atoms with van der Waals surface area (Å²) in [5.41, 5.74) is 0.994. The van der Waals surface area contributed by atoms with Gasteiger partial charge in [-0.05, 0) is 31.9 Å². The van der Waals surface area contributed by atoms with E-state index in [1.165, 1.54) is 5.56 Å². The number of halogens is 1. The molecular weight excluding hydrogens is 210 g/mol. The minimum atomic E-state index is -0.255. The average molecular weight is 228 g/mol. The lowest BCUT2D eigenvalue weighted by molar-refractivity contribution is 0.0891. The third-order valence-corrected chi connectivity index (χ3v) is 3.35. The third-order valence-electron chi connectivity index (χ3n) is 3.35. The Bertz CT molecular complexity index is 304. The number of aliphatic hydroxyl groups excluding tert-OH is 1. The molecule has 0 bridgehead atoms. The van der Waals surface area contributed by atoms with Gasteiger partial charge in [0.25, 0.3) is 0 Å². The van der Waals surface area contributed by atoms with Crippen LogP contribution < -0.4 is 5.32 Å². The Morgan fingerprint density at radius 3 is 2.47 bits per heavy atom. The molecule has 1 aliphatic carbocycles. The lowest BCUT2D eigenvalue weighted by atomic mass is 9.86. The second-order valence-electron chi connectivity index (χ2n) is 4.00. The maximum atomic E-state index is 10.0. The molecule has 1 aromatic rings. The van der Waals surface area contributed by atoms with Crippen molar-refractivity contribution in [3.8, 4) is 0 Å². The van der Waals surface area contributed by atoms with E-state index in [1.54, 1.807) is 0 Å². The molecule has 0 amide bonds. The van der Waals surface area contributed by atoms with E-state index in [-0.39, 0.29) is 24.0 Å². The quantitative estimate of drug-likeness (QED) is 0.811. The van der Waals surface area contributed by atoms with Gasteiger partial charge >= 0.3 is 0 Å². The number of likely N-dealkylation sites (N-methyl/N-ethyl adjacent to an activating group) is 1.